The van der Waals surface area contributed by atoms with Crippen LogP contribution in [0.5, 0.6) is 0 Å². The highest BCUT2D eigenvalue weighted by Gasteiger charge is 2.42. The summed E-state index contributed by atoms with van der Waals surface area (Å²) in [6.45, 7) is 0.255. The lowest BCUT2D eigenvalue weighted by Crippen LogP contribution is -2.31. The predicted octanol–water partition coefficient (Wildman–Crippen LogP) is 2.62. The average molecular weight is 305 g/mol. The Bertz CT molecular complexity index is 576. The summed E-state index contributed by atoms with van der Waals surface area (Å²) in [7, 11) is 0. The lowest BCUT2D eigenvalue weighted by Gasteiger charge is -2.12. The van der Waals surface area contributed by atoms with E-state index < -0.39 is 33.7 Å². The highest BCUT2D eigenvalue weighted by atomic mass is 35.5. The molecule has 0 unspecified atom stereocenters. The van der Waals surface area contributed by atoms with Crippen LogP contribution in [0.3, 0.4) is 0 Å². The lowest BCUT2D eigenvalue weighted by atomic mass is 10.1. The Balaban J connectivity index is 2.20. The van der Waals surface area contributed by atoms with Crippen LogP contribution in [0, 0.1) is 27.2 Å². The molecule has 0 heterocycles. The molecule has 1 aromatic rings. The molecular formula is C12H11ClF2N2O3. The van der Waals surface area contributed by atoms with Gasteiger partial charge in [-0.15, -0.1) is 11.6 Å². The van der Waals surface area contributed by atoms with Crippen LogP contribution in [-0.4, -0.2) is 23.3 Å². The van der Waals surface area contributed by atoms with E-state index in [4.69, 9.17) is 11.6 Å². The molecule has 1 saturated carbocycles. The predicted molar refractivity (Wildman–Crippen MR) is 67.7 cm³/mol. The standard InChI is InChI=1S/C12H11ClF2N2O3/c13-5-12(1-2-12)6-16-11(18)7-3-8(14)9(15)4-10(7)17(19)20/h3-4H,1-2,5-6H2,(H,16,18). The Hall–Kier alpha value is -1.76. The molecule has 5 nitrogen and oxygen atoms in total. The van der Waals surface area contributed by atoms with Crippen LogP contribution < -0.4 is 5.32 Å². The first-order valence-corrected chi connectivity index (χ1v) is 6.40. The Morgan fingerprint density at radius 1 is 1.40 bits per heavy atom. The third-order valence-electron chi connectivity index (χ3n) is 3.34. The molecular weight excluding hydrogens is 294 g/mol. The zero-order valence-electron chi connectivity index (χ0n) is 10.3. The minimum atomic E-state index is -1.37. The van der Waals surface area contributed by atoms with Gasteiger partial charge >= 0.3 is 0 Å². The first-order valence-electron chi connectivity index (χ1n) is 5.86. The second-order valence-corrected chi connectivity index (χ2v) is 5.12. The molecule has 8 heteroatoms. The van der Waals surface area contributed by atoms with Gasteiger partial charge in [0.15, 0.2) is 11.6 Å². The summed E-state index contributed by atoms with van der Waals surface area (Å²) in [4.78, 5) is 21.7. The van der Waals surface area contributed by atoms with E-state index in [1.807, 2.05) is 0 Å². The third kappa shape index (κ3) is 2.87. The molecule has 1 aliphatic rings. The molecule has 0 bridgehead atoms. The van der Waals surface area contributed by atoms with Gasteiger partial charge in [0.2, 0.25) is 0 Å². The van der Waals surface area contributed by atoms with Crippen molar-refractivity contribution in [1.29, 1.82) is 0 Å². The molecule has 108 valence electrons. The number of benzene rings is 1. The van der Waals surface area contributed by atoms with Crippen LogP contribution in [0.2, 0.25) is 0 Å². The Morgan fingerprint density at radius 3 is 2.50 bits per heavy atom. The maximum atomic E-state index is 13.1. The molecule has 0 spiro atoms. The minimum Gasteiger partial charge on any atom is -0.351 e. The van der Waals surface area contributed by atoms with Crippen LogP contribution in [0.15, 0.2) is 12.1 Å². The molecule has 0 radical (unpaired) electrons. The number of hydrogen-bond acceptors (Lipinski definition) is 3. The Labute approximate surface area is 118 Å². The number of halogens is 3. The molecule has 1 aliphatic carbocycles. The quantitative estimate of drug-likeness (QED) is 0.516. The van der Waals surface area contributed by atoms with E-state index in [-0.39, 0.29) is 12.0 Å². The molecule has 2 rings (SSSR count). The van der Waals surface area contributed by atoms with Gasteiger partial charge in [-0.05, 0) is 18.9 Å². The van der Waals surface area contributed by atoms with Gasteiger partial charge in [-0.2, -0.15) is 0 Å². The highest BCUT2D eigenvalue weighted by Crippen LogP contribution is 2.45. The number of nitro benzene ring substituents is 1. The van der Waals surface area contributed by atoms with Crippen molar-refractivity contribution in [2.45, 2.75) is 12.8 Å². The van der Waals surface area contributed by atoms with Gasteiger partial charge in [-0.3, -0.25) is 14.9 Å². The molecule has 0 saturated heterocycles. The first-order chi connectivity index (χ1) is 9.38. The van der Waals surface area contributed by atoms with Crippen molar-refractivity contribution in [2.75, 3.05) is 12.4 Å². The smallest absolute Gasteiger partial charge is 0.285 e. The number of rotatable bonds is 5. The molecule has 1 fully saturated rings. The summed E-state index contributed by atoms with van der Waals surface area (Å²) in [6, 6.07) is 0.932. The van der Waals surface area contributed by atoms with Crippen molar-refractivity contribution in [3.8, 4) is 0 Å². The number of alkyl halides is 1. The largest absolute Gasteiger partial charge is 0.351 e. The second kappa shape index (κ2) is 5.32. The van der Waals surface area contributed by atoms with E-state index >= 15 is 0 Å². The number of nitro groups is 1. The van der Waals surface area contributed by atoms with Crippen molar-refractivity contribution in [3.63, 3.8) is 0 Å². The molecule has 1 amide bonds. The molecule has 0 aliphatic heterocycles. The molecule has 1 aromatic carbocycles. The van der Waals surface area contributed by atoms with Crippen molar-refractivity contribution < 1.29 is 18.5 Å². The number of carbonyl (C=O) groups excluding carboxylic acids is 1. The maximum absolute atomic E-state index is 13.1. The number of hydrogen-bond donors (Lipinski definition) is 1. The summed E-state index contributed by atoms with van der Waals surface area (Å²) in [5, 5.41) is 13.3. The summed E-state index contributed by atoms with van der Waals surface area (Å²) in [5.74, 6) is -3.12. The fourth-order valence-electron chi connectivity index (χ4n) is 1.77. The van der Waals surface area contributed by atoms with Crippen LogP contribution in [-0.2, 0) is 0 Å². The number of amides is 1. The highest BCUT2D eigenvalue weighted by molar-refractivity contribution is 6.18. The lowest BCUT2D eigenvalue weighted by molar-refractivity contribution is -0.385. The average Bonchev–Trinajstić information content (AvgIpc) is 3.19. The minimum absolute atomic E-state index is 0.176. The maximum Gasteiger partial charge on any atom is 0.285 e. The number of nitrogens with zero attached hydrogens (tertiary/aromatic N) is 1. The SMILES string of the molecule is O=C(NCC1(CCl)CC1)c1cc(F)c(F)cc1[N+](=O)[O-]. The topological polar surface area (TPSA) is 72.2 Å². The van der Waals surface area contributed by atoms with E-state index in [0.717, 1.165) is 12.8 Å². The van der Waals surface area contributed by atoms with Crippen molar-refractivity contribution in [2.24, 2.45) is 5.41 Å². The van der Waals surface area contributed by atoms with E-state index in [1.54, 1.807) is 0 Å². The van der Waals surface area contributed by atoms with Gasteiger partial charge in [0.05, 0.1) is 11.0 Å². The van der Waals surface area contributed by atoms with Crippen LogP contribution in [0.25, 0.3) is 0 Å². The fourth-order valence-corrected chi connectivity index (χ4v) is 2.13. The van der Waals surface area contributed by atoms with Crippen LogP contribution in [0.1, 0.15) is 23.2 Å². The zero-order valence-corrected chi connectivity index (χ0v) is 11.0. The van der Waals surface area contributed by atoms with Crippen molar-refractivity contribution >= 4 is 23.2 Å². The van der Waals surface area contributed by atoms with E-state index in [1.165, 1.54) is 0 Å². The third-order valence-corrected chi connectivity index (χ3v) is 3.91. The monoisotopic (exact) mass is 304 g/mol. The van der Waals surface area contributed by atoms with Crippen molar-refractivity contribution in [3.05, 3.63) is 39.4 Å². The molecule has 20 heavy (non-hydrogen) atoms. The fraction of sp³-hybridized carbons (Fsp3) is 0.417. The van der Waals surface area contributed by atoms with Crippen LogP contribution >= 0.6 is 11.6 Å². The van der Waals surface area contributed by atoms with Gasteiger partial charge in [0.1, 0.15) is 5.56 Å². The van der Waals surface area contributed by atoms with Crippen molar-refractivity contribution in [1.82, 2.24) is 5.32 Å². The zero-order chi connectivity index (χ0) is 14.9. The first kappa shape index (κ1) is 14.6. The van der Waals surface area contributed by atoms with E-state index in [2.05, 4.69) is 5.32 Å². The Kier molecular flexibility index (Phi) is 3.89. The summed E-state index contributed by atoms with van der Waals surface area (Å²) >= 11 is 5.74. The van der Waals surface area contributed by atoms with E-state index in [9.17, 15) is 23.7 Å². The normalized spacial score (nSPS) is 15.8. The van der Waals surface area contributed by atoms with Crippen LogP contribution in [0.4, 0.5) is 14.5 Å². The number of carbonyl (C=O) groups is 1. The van der Waals surface area contributed by atoms with Gasteiger partial charge in [-0.1, -0.05) is 0 Å². The van der Waals surface area contributed by atoms with Gasteiger partial charge in [0.25, 0.3) is 11.6 Å². The molecule has 1 N–H and O–H groups in total. The summed E-state index contributed by atoms with van der Waals surface area (Å²) in [6.07, 6.45) is 1.72. The number of nitrogens with one attached hydrogen (secondary N) is 1. The molecule has 0 atom stereocenters. The molecule has 0 aromatic heterocycles. The van der Waals surface area contributed by atoms with Gasteiger partial charge < -0.3 is 5.32 Å². The summed E-state index contributed by atoms with van der Waals surface area (Å²) < 4.78 is 26.1. The second-order valence-electron chi connectivity index (χ2n) is 4.86. The Morgan fingerprint density at radius 2 is 2.00 bits per heavy atom. The van der Waals surface area contributed by atoms with E-state index in [0.29, 0.717) is 18.0 Å². The van der Waals surface area contributed by atoms with Gasteiger partial charge in [-0.25, -0.2) is 8.78 Å². The summed E-state index contributed by atoms with van der Waals surface area (Å²) in [5.41, 5.74) is -1.44. The van der Waals surface area contributed by atoms with Gasteiger partial charge in [0, 0.05) is 17.8 Å².